The Morgan fingerprint density at radius 3 is 2.19 bits per heavy atom. The lowest BCUT2D eigenvalue weighted by Gasteiger charge is -2.40. The van der Waals surface area contributed by atoms with Gasteiger partial charge in [0.2, 0.25) is 0 Å². The predicted octanol–water partition coefficient (Wildman–Crippen LogP) is 5.75. The summed E-state index contributed by atoms with van der Waals surface area (Å²) in [5, 5.41) is 11.9. The van der Waals surface area contributed by atoms with E-state index >= 15 is 0 Å². The third-order valence-corrected chi connectivity index (χ3v) is 5.15. The Labute approximate surface area is 157 Å². The van der Waals surface area contributed by atoms with Crippen LogP contribution in [0.3, 0.4) is 0 Å². The van der Waals surface area contributed by atoms with Crippen LogP contribution in [0, 0.1) is 12.8 Å². The lowest BCUT2D eigenvalue weighted by atomic mass is 9.72. The van der Waals surface area contributed by atoms with Gasteiger partial charge in [0.1, 0.15) is 0 Å². The van der Waals surface area contributed by atoms with Gasteiger partial charge in [-0.15, -0.1) is 0 Å². The molecule has 0 saturated heterocycles. The zero-order chi connectivity index (χ0) is 19.8. The van der Waals surface area contributed by atoms with Crippen LogP contribution in [0.25, 0.3) is 10.9 Å². The first-order valence-electron chi connectivity index (χ1n) is 9.04. The highest BCUT2D eigenvalue weighted by Gasteiger charge is 2.59. The summed E-state index contributed by atoms with van der Waals surface area (Å²) < 4.78 is 42.5. The maximum atomic E-state index is 14.2. The predicted molar refractivity (Wildman–Crippen MR) is 102 cm³/mol. The van der Waals surface area contributed by atoms with Gasteiger partial charge in [-0.1, -0.05) is 61.9 Å². The quantitative estimate of drug-likeness (QED) is 0.585. The summed E-state index contributed by atoms with van der Waals surface area (Å²) in [6.45, 7) is 5.31. The van der Waals surface area contributed by atoms with Crippen molar-refractivity contribution in [3.8, 4) is 0 Å². The van der Waals surface area contributed by atoms with E-state index < -0.39 is 30.0 Å². The van der Waals surface area contributed by atoms with Gasteiger partial charge in [-0.3, -0.25) is 0 Å². The van der Waals surface area contributed by atoms with Crippen molar-refractivity contribution in [3.63, 3.8) is 0 Å². The van der Waals surface area contributed by atoms with E-state index in [1.165, 1.54) is 0 Å². The summed E-state index contributed by atoms with van der Waals surface area (Å²) in [6.07, 6.45) is -5.30. The molecule has 0 aliphatic rings. The molecule has 0 fully saturated rings. The van der Waals surface area contributed by atoms with E-state index in [9.17, 15) is 18.3 Å². The topological polar surface area (TPSA) is 36.0 Å². The molecule has 0 aliphatic heterocycles. The van der Waals surface area contributed by atoms with Crippen molar-refractivity contribution >= 4 is 10.9 Å². The van der Waals surface area contributed by atoms with Crippen molar-refractivity contribution in [1.29, 1.82) is 0 Å². The number of hydrogen-bond acceptors (Lipinski definition) is 1. The number of hydrogen-bond donors (Lipinski definition) is 2. The number of para-hydroxylation sites is 1. The molecule has 0 saturated carbocycles. The molecule has 2 unspecified atom stereocenters. The fourth-order valence-electron chi connectivity index (χ4n) is 3.89. The van der Waals surface area contributed by atoms with Crippen LogP contribution < -0.4 is 0 Å². The van der Waals surface area contributed by atoms with Crippen LogP contribution in [0.4, 0.5) is 13.2 Å². The van der Waals surface area contributed by atoms with E-state index in [4.69, 9.17) is 0 Å². The number of alkyl halides is 3. The van der Waals surface area contributed by atoms with Gasteiger partial charge < -0.3 is 10.1 Å². The van der Waals surface area contributed by atoms with Gasteiger partial charge in [-0.2, -0.15) is 13.2 Å². The lowest BCUT2D eigenvalue weighted by Crippen LogP contribution is -2.53. The van der Waals surface area contributed by atoms with E-state index in [-0.39, 0.29) is 0 Å². The maximum Gasteiger partial charge on any atom is 0.418 e. The van der Waals surface area contributed by atoms with Crippen LogP contribution in [-0.2, 0) is 6.42 Å². The van der Waals surface area contributed by atoms with Gasteiger partial charge in [0.25, 0.3) is 0 Å². The van der Waals surface area contributed by atoms with E-state index in [1.807, 2.05) is 31.2 Å². The van der Waals surface area contributed by atoms with Crippen molar-refractivity contribution in [2.75, 3.05) is 0 Å². The molecule has 0 spiro atoms. The number of aliphatic hydroxyl groups is 1. The van der Waals surface area contributed by atoms with Gasteiger partial charge in [-0.25, -0.2) is 0 Å². The van der Waals surface area contributed by atoms with Gasteiger partial charge in [0, 0.05) is 23.5 Å². The van der Waals surface area contributed by atoms with E-state index in [0.717, 1.165) is 16.5 Å². The lowest BCUT2D eigenvalue weighted by molar-refractivity contribution is -0.272. The molecule has 0 radical (unpaired) electrons. The molecule has 0 bridgehead atoms. The molecule has 2 atom stereocenters. The van der Waals surface area contributed by atoms with Crippen LogP contribution in [0.1, 0.15) is 36.6 Å². The number of aryl methyl sites for hydroxylation is 1. The van der Waals surface area contributed by atoms with Crippen molar-refractivity contribution in [2.45, 2.75) is 44.9 Å². The second kappa shape index (κ2) is 7.04. The zero-order valence-electron chi connectivity index (χ0n) is 15.6. The van der Waals surface area contributed by atoms with Crippen LogP contribution in [0.2, 0.25) is 0 Å². The number of rotatable bonds is 5. The first-order chi connectivity index (χ1) is 12.6. The van der Waals surface area contributed by atoms with Gasteiger partial charge in [-0.05, 0) is 35.9 Å². The minimum absolute atomic E-state index is 0.369. The van der Waals surface area contributed by atoms with Gasteiger partial charge >= 0.3 is 6.18 Å². The Bertz CT molecular complexity index is 878. The van der Waals surface area contributed by atoms with Crippen LogP contribution >= 0.6 is 0 Å². The van der Waals surface area contributed by atoms with Crippen LogP contribution in [0.15, 0.2) is 54.6 Å². The summed E-state index contributed by atoms with van der Waals surface area (Å²) in [7, 11) is 0. The summed E-state index contributed by atoms with van der Waals surface area (Å²) in [6, 6.07) is 15.9. The molecular weight excluding hydrogens is 351 g/mol. The van der Waals surface area contributed by atoms with E-state index in [1.54, 1.807) is 44.2 Å². The third-order valence-electron chi connectivity index (χ3n) is 5.15. The van der Waals surface area contributed by atoms with E-state index in [0.29, 0.717) is 11.3 Å². The molecule has 1 aromatic heterocycles. The fourth-order valence-corrected chi connectivity index (χ4v) is 3.89. The number of H-pyrrole nitrogens is 1. The first-order valence-corrected chi connectivity index (χ1v) is 9.04. The number of benzene rings is 2. The average molecular weight is 375 g/mol. The highest BCUT2D eigenvalue weighted by molar-refractivity contribution is 5.80. The minimum atomic E-state index is -4.77. The van der Waals surface area contributed by atoms with Crippen LogP contribution in [-0.4, -0.2) is 21.9 Å². The Kier molecular flexibility index (Phi) is 5.08. The number of aromatic nitrogens is 1. The molecular formula is C22H24F3NO. The Balaban J connectivity index is 2.07. The Morgan fingerprint density at radius 1 is 1.00 bits per heavy atom. The first kappa shape index (κ1) is 19.5. The third kappa shape index (κ3) is 3.74. The number of halogens is 3. The SMILES string of the molecule is Cc1ccc(C(C(C)C)C(O)(Cc2cc3ccccc3[nH]2)C(F)(F)F)cc1. The largest absolute Gasteiger partial charge is 0.418 e. The van der Waals surface area contributed by atoms with E-state index in [2.05, 4.69) is 4.98 Å². The molecule has 2 nitrogen and oxygen atoms in total. The standard InChI is InChI=1S/C22H24F3NO/c1-14(2)20(16-10-8-15(3)9-11-16)21(27,22(23,24)25)13-18-12-17-6-4-5-7-19(17)26-18/h4-12,14,20,26-27H,13H2,1-3H3. The summed E-state index contributed by atoms with van der Waals surface area (Å²) in [5.41, 5.74) is -0.293. The highest BCUT2D eigenvalue weighted by Crippen LogP contribution is 2.47. The molecule has 3 rings (SSSR count). The highest BCUT2D eigenvalue weighted by atomic mass is 19.4. The number of fused-ring (bicyclic) bond motifs is 1. The molecule has 2 N–H and O–H groups in total. The number of nitrogens with one attached hydrogen (secondary N) is 1. The fraction of sp³-hybridized carbons (Fsp3) is 0.364. The second-order valence-corrected chi connectivity index (χ2v) is 7.61. The number of aromatic amines is 1. The summed E-state index contributed by atoms with van der Waals surface area (Å²) in [5.74, 6) is -1.48. The normalized spacial score (nSPS) is 15.9. The summed E-state index contributed by atoms with van der Waals surface area (Å²) >= 11 is 0. The Hall–Kier alpha value is -2.27. The molecule has 2 aromatic carbocycles. The smallest absolute Gasteiger partial charge is 0.380 e. The maximum absolute atomic E-state index is 14.2. The van der Waals surface area contributed by atoms with Crippen molar-refractivity contribution < 1.29 is 18.3 Å². The minimum Gasteiger partial charge on any atom is -0.380 e. The monoisotopic (exact) mass is 375 g/mol. The zero-order valence-corrected chi connectivity index (χ0v) is 15.6. The molecule has 3 aromatic rings. The van der Waals surface area contributed by atoms with Crippen molar-refractivity contribution in [1.82, 2.24) is 4.98 Å². The second-order valence-electron chi connectivity index (χ2n) is 7.61. The van der Waals surface area contributed by atoms with Crippen molar-refractivity contribution in [2.24, 2.45) is 5.92 Å². The molecule has 5 heteroatoms. The van der Waals surface area contributed by atoms with Crippen molar-refractivity contribution in [3.05, 3.63) is 71.4 Å². The molecule has 27 heavy (non-hydrogen) atoms. The van der Waals surface area contributed by atoms with Gasteiger partial charge in [0.15, 0.2) is 5.60 Å². The molecule has 0 aliphatic carbocycles. The Morgan fingerprint density at radius 2 is 1.63 bits per heavy atom. The molecule has 0 amide bonds. The molecule has 1 heterocycles. The molecule has 144 valence electrons. The van der Waals surface area contributed by atoms with Crippen LogP contribution in [0.5, 0.6) is 0 Å². The van der Waals surface area contributed by atoms with Gasteiger partial charge in [0.05, 0.1) is 0 Å². The summed E-state index contributed by atoms with van der Waals surface area (Å²) in [4.78, 5) is 3.02. The average Bonchev–Trinajstić information content (AvgIpc) is 2.97.